The number of aryl methyl sites for hydroxylation is 1. The lowest BCUT2D eigenvalue weighted by Crippen LogP contribution is -2.07. The van der Waals surface area contributed by atoms with Crippen molar-refractivity contribution in [1.29, 1.82) is 0 Å². The zero-order valence-electron chi connectivity index (χ0n) is 21.1. The van der Waals surface area contributed by atoms with Crippen molar-refractivity contribution in [3.05, 3.63) is 79.7 Å². The minimum Gasteiger partial charge on any atom is -0.358 e. The molecule has 3 N–H and O–H groups in total. The molecule has 0 amide bonds. The molecule has 38 heavy (non-hydrogen) atoms. The lowest BCUT2D eigenvalue weighted by atomic mass is 10.0. The molecule has 0 aliphatic heterocycles. The molecule has 0 atom stereocenters. The second-order valence-corrected chi connectivity index (χ2v) is 10.0. The molecule has 0 spiro atoms. The number of H-pyrrole nitrogens is 2. The Kier molecular flexibility index (Phi) is 5.28. The molecule has 6 aromatic heterocycles. The highest BCUT2D eigenvalue weighted by Gasteiger charge is 2.19. The number of hydrogen-bond acceptors (Lipinski definition) is 6. The van der Waals surface area contributed by atoms with Gasteiger partial charge in [-0.3, -0.25) is 15.1 Å². The molecule has 188 valence electrons. The number of anilines is 1. The highest BCUT2D eigenvalue weighted by atomic mass is 15.2. The Balaban J connectivity index is 1.24. The first-order valence-corrected chi connectivity index (χ1v) is 12.9. The molecular formula is C29H27N9. The van der Waals surface area contributed by atoms with E-state index in [0.29, 0.717) is 11.6 Å². The van der Waals surface area contributed by atoms with Crippen LogP contribution in [0.5, 0.6) is 0 Å². The van der Waals surface area contributed by atoms with Crippen LogP contribution in [0.25, 0.3) is 50.1 Å². The Morgan fingerprint density at radius 1 is 0.974 bits per heavy atom. The number of nitrogens with one attached hydrogen (secondary N) is 3. The van der Waals surface area contributed by atoms with Gasteiger partial charge in [0, 0.05) is 46.2 Å². The quantitative estimate of drug-likeness (QED) is 0.251. The highest BCUT2D eigenvalue weighted by molar-refractivity contribution is 5.97. The van der Waals surface area contributed by atoms with Gasteiger partial charge in [-0.15, -0.1) is 0 Å². The topological polar surface area (TPSA) is 113 Å². The number of hydrogen-bond donors (Lipinski definition) is 3. The van der Waals surface area contributed by atoms with E-state index < -0.39 is 0 Å². The third kappa shape index (κ3) is 3.92. The first kappa shape index (κ1) is 22.4. The number of imidazole rings is 1. The molecule has 0 aromatic carbocycles. The number of aromatic amines is 2. The van der Waals surface area contributed by atoms with Crippen LogP contribution in [0.2, 0.25) is 0 Å². The van der Waals surface area contributed by atoms with Gasteiger partial charge in [0.05, 0.1) is 58.9 Å². The van der Waals surface area contributed by atoms with Crippen LogP contribution in [0.4, 0.5) is 5.69 Å². The van der Waals surface area contributed by atoms with E-state index in [2.05, 4.69) is 65.2 Å². The van der Waals surface area contributed by atoms with Crippen molar-refractivity contribution in [2.75, 3.05) is 5.32 Å². The average Bonchev–Trinajstić information content (AvgIpc) is 3.74. The molecule has 7 rings (SSSR count). The van der Waals surface area contributed by atoms with Crippen molar-refractivity contribution in [2.45, 2.75) is 32.6 Å². The normalized spacial score (nSPS) is 14.0. The molecule has 0 bridgehead atoms. The SMILES string of the molecule is C=C(Nc1cncc(-c2cnc3n[nH]c(-c4cc5c(-n6cnc(C)c6)cncc5[nH]4)c3c2)c1)C1CCCC1. The summed E-state index contributed by atoms with van der Waals surface area (Å²) in [7, 11) is 0. The van der Waals surface area contributed by atoms with E-state index >= 15 is 0 Å². The Bertz CT molecular complexity index is 1800. The molecule has 9 heteroatoms. The average molecular weight is 502 g/mol. The Hall–Kier alpha value is -4.79. The van der Waals surface area contributed by atoms with Crippen molar-refractivity contribution < 1.29 is 0 Å². The van der Waals surface area contributed by atoms with E-state index in [-0.39, 0.29) is 0 Å². The Morgan fingerprint density at radius 2 is 1.82 bits per heavy atom. The summed E-state index contributed by atoms with van der Waals surface area (Å²) in [5.74, 6) is 0.537. The largest absolute Gasteiger partial charge is 0.358 e. The maximum atomic E-state index is 4.63. The molecular weight excluding hydrogens is 474 g/mol. The second-order valence-electron chi connectivity index (χ2n) is 10.0. The highest BCUT2D eigenvalue weighted by Crippen LogP contribution is 2.34. The number of aromatic nitrogens is 8. The number of nitrogens with zero attached hydrogens (tertiary/aromatic N) is 6. The molecule has 1 saturated carbocycles. The summed E-state index contributed by atoms with van der Waals surface area (Å²) < 4.78 is 1.99. The molecule has 1 fully saturated rings. The number of allylic oxidation sites excluding steroid dienone is 1. The van der Waals surface area contributed by atoms with Gasteiger partial charge >= 0.3 is 0 Å². The van der Waals surface area contributed by atoms with Crippen LogP contribution >= 0.6 is 0 Å². The fourth-order valence-corrected chi connectivity index (χ4v) is 5.42. The standard InChI is InChI=1S/C29H27N9/c1-17-15-38(16-33-17)27-14-31-13-26-23(27)9-25(35-26)28-24-8-21(11-32-29(24)37-36-28)20-7-22(12-30-10-20)34-18(2)19-5-3-4-6-19/h7-16,19,34-35H,2-6H2,1H3,(H,32,36,37). The molecule has 1 aliphatic carbocycles. The number of rotatable bonds is 6. The van der Waals surface area contributed by atoms with Gasteiger partial charge in [-0.25, -0.2) is 9.97 Å². The molecule has 6 aromatic rings. The number of fused-ring (bicyclic) bond motifs is 2. The van der Waals surface area contributed by atoms with Crippen molar-refractivity contribution in [3.8, 4) is 28.2 Å². The van der Waals surface area contributed by atoms with E-state index in [1.54, 1.807) is 6.33 Å². The molecule has 0 unspecified atom stereocenters. The van der Waals surface area contributed by atoms with Gasteiger partial charge in [-0.2, -0.15) is 5.10 Å². The van der Waals surface area contributed by atoms with Gasteiger partial charge in [-0.1, -0.05) is 19.4 Å². The van der Waals surface area contributed by atoms with Gasteiger partial charge in [0.25, 0.3) is 0 Å². The summed E-state index contributed by atoms with van der Waals surface area (Å²) >= 11 is 0. The summed E-state index contributed by atoms with van der Waals surface area (Å²) in [4.78, 5) is 21.4. The monoisotopic (exact) mass is 501 g/mol. The lowest BCUT2D eigenvalue weighted by Gasteiger charge is -2.15. The van der Waals surface area contributed by atoms with E-state index in [0.717, 1.165) is 61.6 Å². The van der Waals surface area contributed by atoms with Gasteiger partial charge in [0.1, 0.15) is 0 Å². The molecule has 9 nitrogen and oxygen atoms in total. The van der Waals surface area contributed by atoms with Gasteiger partial charge in [-0.05, 0) is 43.9 Å². The van der Waals surface area contributed by atoms with Crippen molar-refractivity contribution >= 4 is 27.6 Å². The van der Waals surface area contributed by atoms with Crippen LogP contribution in [-0.4, -0.2) is 39.7 Å². The van der Waals surface area contributed by atoms with E-state index in [9.17, 15) is 0 Å². The maximum Gasteiger partial charge on any atom is 0.181 e. The summed E-state index contributed by atoms with van der Waals surface area (Å²) in [6.45, 7) is 6.25. The molecule has 0 saturated heterocycles. The Labute approximate surface area is 219 Å². The van der Waals surface area contributed by atoms with Gasteiger partial charge in [0.2, 0.25) is 0 Å². The third-order valence-corrected chi connectivity index (χ3v) is 7.42. The Morgan fingerprint density at radius 3 is 2.66 bits per heavy atom. The predicted molar refractivity (Wildman–Crippen MR) is 149 cm³/mol. The van der Waals surface area contributed by atoms with Crippen LogP contribution in [0.1, 0.15) is 31.4 Å². The summed E-state index contributed by atoms with van der Waals surface area (Å²) in [6.07, 6.45) is 18.0. The maximum absolute atomic E-state index is 4.63. The second kappa shape index (κ2) is 8.95. The zero-order chi connectivity index (χ0) is 25.6. The lowest BCUT2D eigenvalue weighted by molar-refractivity contribution is 0.649. The first-order valence-electron chi connectivity index (χ1n) is 12.9. The predicted octanol–water partition coefficient (Wildman–Crippen LogP) is 6.17. The minimum absolute atomic E-state index is 0.537. The van der Waals surface area contributed by atoms with E-state index in [4.69, 9.17) is 0 Å². The van der Waals surface area contributed by atoms with Crippen molar-refractivity contribution in [1.82, 2.24) is 39.7 Å². The van der Waals surface area contributed by atoms with E-state index in [1.165, 1.54) is 25.7 Å². The first-order chi connectivity index (χ1) is 18.6. The van der Waals surface area contributed by atoms with Crippen molar-refractivity contribution in [2.24, 2.45) is 5.92 Å². The zero-order valence-corrected chi connectivity index (χ0v) is 21.1. The van der Waals surface area contributed by atoms with Gasteiger partial charge < -0.3 is 14.9 Å². The summed E-state index contributed by atoms with van der Waals surface area (Å²) in [5, 5.41) is 13.1. The van der Waals surface area contributed by atoms with Crippen LogP contribution < -0.4 is 5.32 Å². The van der Waals surface area contributed by atoms with Crippen LogP contribution in [0.3, 0.4) is 0 Å². The van der Waals surface area contributed by atoms with Gasteiger partial charge in [0.15, 0.2) is 5.65 Å². The molecule has 6 heterocycles. The van der Waals surface area contributed by atoms with Crippen molar-refractivity contribution in [3.63, 3.8) is 0 Å². The molecule has 1 aliphatic rings. The van der Waals surface area contributed by atoms with Crippen LogP contribution in [0.15, 0.2) is 74.0 Å². The van der Waals surface area contributed by atoms with Crippen LogP contribution in [0, 0.1) is 12.8 Å². The smallest absolute Gasteiger partial charge is 0.181 e. The van der Waals surface area contributed by atoms with Crippen LogP contribution in [-0.2, 0) is 0 Å². The number of pyridine rings is 3. The molecule has 0 radical (unpaired) electrons. The fourth-order valence-electron chi connectivity index (χ4n) is 5.42. The summed E-state index contributed by atoms with van der Waals surface area (Å²) in [6, 6.07) is 6.32. The van der Waals surface area contributed by atoms with E-state index in [1.807, 2.05) is 48.7 Å². The summed E-state index contributed by atoms with van der Waals surface area (Å²) in [5.41, 5.74) is 9.25. The fraction of sp³-hybridized carbons (Fsp3) is 0.207. The third-order valence-electron chi connectivity index (χ3n) is 7.42. The minimum atomic E-state index is 0.537.